The highest BCUT2D eigenvalue weighted by molar-refractivity contribution is 5.30. The molecule has 4 heteroatoms. The number of nitrogens with zero attached hydrogens (tertiary/aromatic N) is 3. The minimum Gasteiger partial charge on any atom is -0.308 e. The highest BCUT2D eigenvalue weighted by Gasteiger charge is 2.20. The highest BCUT2D eigenvalue weighted by atomic mass is 15.4. The molecule has 0 bridgehead atoms. The van der Waals surface area contributed by atoms with Gasteiger partial charge in [-0.2, -0.15) is 0 Å². The molecule has 1 saturated carbocycles. The topological polar surface area (TPSA) is 42.7 Å². The van der Waals surface area contributed by atoms with Crippen LogP contribution in [-0.2, 0) is 13.1 Å². The number of hydrogen-bond donors (Lipinski definition) is 1. The second-order valence-corrected chi connectivity index (χ2v) is 5.49. The third-order valence-corrected chi connectivity index (χ3v) is 3.57. The molecule has 2 aromatic rings. The van der Waals surface area contributed by atoms with Crippen molar-refractivity contribution >= 4 is 0 Å². The molecular formula is C15H20N4. The fourth-order valence-electron chi connectivity index (χ4n) is 2.18. The maximum absolute atomic E-state index is 4.21. The Hall–Kier alpha value is -1.68. The SMILES string of the molecule is Cc1ccc(C)c(Cn2cc(CNC3CC3)nn2)c1. The van der Waals surface area contributed by atoms with Crippen LogP contribution in [0.4, 0.5) is 0 Å². The molecule has 0 unspecified atom stereocenters. The molecule has 0 amide bonds. The van der Waals surface area contributed by atoms with Crippen LogP contribution in [0.25, 0.3) is 0 Å². The smallest absolute Gasteiger partial charge is 0.0965 e. The van der Waals surface area contributed by atoms with Gasteiger partial charge in [0, 0.05) is 12.6 Å². The summed E-state index contributed by atoms with van der Waals surface area (Å²) >= 11 is 0. The molecule has 0 radical (unpaired) electrons. The Labute approximate surface area is 113 Å². The maximum Gasteiger partial charge on any atom is 0.0965 e. The van der Waals surface area contributed by atoms with Crippen molar-refractivity contribution in [3.05, 3.63) is 46.8 Å². The monoisotopic (exact) mass is 256 g/mol. The Morgan fingerprint density at radius 1 is 1.32 bits per heavy atom. The predicted octanol–water partition coefficient (Wildman–Crippen LogP) is 2.20. The van der Waals surface area contributed by atoms with Gasteiger partial charge in [0.25, 0.3) is 0 Å². The zero-order chi connectivity index (χ0) is 13.2. The summed E-state index contributed by atoms with van der Waals surface area (Å²) in [6.07, 6.45) is 4.64. The van der Waals surface area contributed by atoms with E-state index in [2.05, 4.69) is 47.7 Å². The van der Waals surface area contributed by atoms with E-state index >= 15 is 0 Å². The molecule has 19 heavy (non-hydrogen) atoms. The lowest BCUT2D eigenvalue weighted by molar-refractivity contribution is 0.644. The van der Waals surface area contributed by atoms with Gasteiger partial charge in [-0.05, 0) is 37.8 Å². The van der Waals surface area contributed by atoms with Gasteiger partial charge in [0.2, 0.25) is 0 Å². The van der Waals surface area contributed by atoms with Crippen LogP contribution >= 0.6 is 0 Å². The molecule has 1 aromatic carbocycles. The summed E-state index contributed by atoms with van der Waals surface area (Å²) in [7, 11) is 0. The second kappa shape index (κ2) is 5.13. The van der Waals surface area contributed by atoms with E-state index in [-0.39, 0.29) is 0 Å². The van der Waals surface area contributed by atoms with Crippen molar-refractivity contribution < 1.29 is 0 Å². The van der Waals surface area contributed by atoms with Gasteiger partial charge < -0.3 is 5.32 Å². The molecule has 0 aliphatic heterocycles. The third-order valence-electron chi connectivity index (χ3n) is 3.57. The van der Waals surface area contributed by atoms with Crippen molar-refractivity contribution in [3.63, 3.8) is 0 Å². The highest BCUT2D eigenvalue weighted by Crippen LogP contribution is 2.19. The zero-order valence-corrected chi connectivity index (χ0v) is 11.6. The first-order chi connectivity index (χ1) is 9.20. The number of aryl methyl sites for hydroxylation is 2. The van der Waals surface area contributed by atoms with Gasteiger partial charge in [-0.1, -0.05) is 29.0 Å². The van der Waals surface area contributed by atoms with Crippen molar-refractivity contribution in [2.45, 2.75) is 45.8 Å². The first kappa shape index (κ1) is 12.4. The van der Waals surface area contributed by atoms with Crippen molar-refractivity contribution in [3.8, 4) is 0 Å². The van der Waals surface area contributed by atoms with Gasteiger partial charge in [0.05, 0.1) is 18.4 Å². The van der Waals surface area contributed by atoms with E-state index in [9.17, 15) is 0 Å². The number of hydrogen-bond acceptors (Lipinski definition) is 3. The average Bonchev–Trinajstić information content (AvgIpc) is 3.12. The fraction of sp³-hybridized carbons (Fsp3) is 0.467. The van der Waals surface area contributed by atoms with Gasteiger partial charge in [-0.3, -0.25) is 0 Å². The van der Waals surface area contributed by atoms with Crippen molar-refractivity contribution in [2.75, 3.05) is 0 Å². The van der Waals surface area contributed by atoms with Crippen LogP contribution in [0.15, 0.2) is 24.4 Å². The zero-order valence-electron chi connectivity index (χ0n) is 11.6. The van der Waals surface area contributed by atoms with E-state index in [0.29, 0.717) is 6.04 Å². The maximum atomic E-state index is 4.21. The van der Waals surface area contributed by atoms with Crippen LogP contribution in [-0.4, -0.2) is 21.0 Å². The molecule has 1 aromatic heterocycles. The van der Waals surface area contributed by atoms with Gasteiger partial charge in [-0.15, -0.1) is 5.10 Å². The summed E-state index contributed by atoms with van der Waals surface area (Å²) in [6.45, 7) is 5.89. The molecule has 0 spiro atoms. The van der Waals surface area contributed by atoms with Crippen molar-refractivity contribution in [1.29, 1.82) is 0 Å². The van der Waals surface area contributed by atoms with Crippen LogP contribution in [0, 0.1) is 13.8 Å². The Morgan fingerprint density at radius 2 is 2.16 bits per heavy atom. The molecule has 1 aliphatic carbocycles. The summed E-state index contributed by atoms with van der Waals surface area (Å²) in [6, 6.07) is 7.24. The van der Waals surface area contributed by atoms with Gasteiger partial charge in [0.1, 0.15) is 0 Å². The van der Waals surface area contributed by atoms with Gasteiger partial charge in [0.15, 0.2) is 0 Å². The molecule has 100 valence electrons. The van der Waals surface area contributed by atoms with E-state index in [1.807, 2.05) is 10.9 Å². The minimum absolute atomic E-state index is 0.712. The lowest BCUT2D eigenvalue weighted by Crippen LogP contribution is -2.15. The molecule has 0 atom stereocenters. The first-order valence-corrected chi connectivity index (χ1v) is 6.89. The standard InChI is InChI=1S/C15H20N4/c1-11-3-4-12(2)13(7-11)9-19-10-15(17-18-19)8-16-14-5-6-14/h3-4,7,10,14,16H,5-6,8-9H2,1-2H3. The lowest BCUT2D eigenvalue weighted by atomic mass is 10.1. The van der Waals surface area contributed by atoms with E-state index < -0.39 is 0 Å². The Morgan fingerprint density at radius 3 is 2.95 bits per heavy atom. The molecule has 1 fully saturated rings. The average molecular weight is 256 g/mol. The summed E-state index contributed by atoms with van der Waals surface area (Å²) in [5.41, 5.74) is 4.93. The minimum atomic E-state index is 0.712. The third kappa shape index (κ3) is 3.20. The normalized spacial score (nSPS) is 14.8. The summed E-state index contributed by atoms with van der Waals surface area (Å²) in [5.74, 6) is 0. The molecule has 4 nitrogen and oxygen atoms in total. The van der Waals surface area contributed by atoms with Gasteiger partial charge >= 0.3 is 0 Å². The van der Waals surface area contributed by atoms with Crippen molar-refractivity contribution in [2.24, 2.45) is 0 Å². The predicted molar refractivity (Wildman–Crippen MR) is 74.9 cm³/mol. The van der Waals surface area contributed by atoms with Crippen LogP contribution in [0.2, 0.25) is 0 Å². The fourth-order valence-corrected chi connectivity index (χ4v) is 2.18. The number of aromatic nitrogens is 3. The molecule has 3 rings (SSSR count). The first-order valence-electron chi connectivity index (χ1n) is 6.89. The van der Waals surface area contributed by atoms with Crippen LogP contribution in [0.1, 0.15) is 35.2 Å². The molecule has 1 aliphatic rings. The van der Waals surface area contributed by atoms with Crippen LogP contribution in [0.5, 0.6) is 0 Å². The summed E-state index contributed by atoms with van der Waals surface area (Å²) < 4.78 is 1.92. The van der Waals surface area contributed by atoms with Crippen LogP contribution < -0.4 is 5.32 Å². The quantitative estimate of drug-likeness (QED) is 0.891. The van der Waals surface area contributed by atoms with Gasteiger partial charge in [-0.25, -0.2) is 4.68 Å². The summed E-state index contributed by atoms with van der Waals surface area (Å²) in [4.78, 5) is 0. The van der Waals surface area contributed by atoms with E-state index in [1.165, 1.54) is 29.5 Å². The largest absolute Gasteiger partial charge is 0.308 e. The Kier molecular flexibility index (Phi) is 3.34. The Bertz CT molecular complexity index is 569. The molecule has 1 N–H and O–H groups in total. The van der Waals surface area contributed by atoms with E-state index in [4.69, 9.17) is 0 Å². The van der Waals surface area contributed by atoms with E-state index in [1.54, 1.807) is 0 Å². The van der Waals surface area contributed by atoms with E-state index in [0.717, 1.165) is 18.8 Å². The number of benzene rings is 1. The molecular weight excluding hydrogens is 236 g/mol. The lowest BCUT2D eigenvalue weighted by Gasteiger charge is -2.06. The second-order valence-electron chi connectivity index (χ2n) is 5.49. The number of nitrogens with one attached hydrogen (secondary N) is 1. The Balaban J connectivity index is 1.66. The molecule has 0 saturated heterocycles. The van der Waals surface area contributed by atoms with Crippen molar-refractivity contribution in [1.82, 2.24) is 20.3 Å². The van der Waals surface area contributed by atoms with Crippen LogP contribution in [0.3, 0.4) is 0 Å². The summed E-state index contributed by atoms with van der Waals surface area (Å²) in [5, 5.41) is 11.9. The number of rotatable bonds is 5. The molecule has 1 heterocycles.